The second-order valence-electron chi connectivity index (χ2n) is 9.41. The van der Waals surface area contributed by atoms with E-state index in [1.807, 2.05) is 24.3 Å². The molecule has 0 unspecified atom stereocenters. The lowest BCUT2D eigenvalue weighted by atomic mass is 10.0. The van der Waals surface area contributed by atoms with Crippen molar-refractivity contribution in [3.8, 4) is 28.5 Å². The molecule has 0 saturated carbocycles. The molecular weight excluding hydrogens is 584 g/mol. The summed E-state index contributed by atoms with van der Waals surface area (Å²) in [6.07, 6.45) is -3.77. The van der Waals surface area contributed by atoms with Crippen LogP contribution in [0.25, 0.3) is 11.1 Å². The van der Waals surface area contributed by atoms with Gasteiger partial charge in [-0.15, -0.1) is 0 Å². The average Bonchev–Trinajstić information content (AvgIpc) is 3.00. The first kappa shape index (κ1) is 31.8. The normalized spacial score (nSPS) is 11.1. The van der Waals surface area contributed by atoms with E-state index >= 15 is 4.39 Å². The zero-order chi connectivity index (χ0) is 31.9. The molecule has 0 atom stereocenters. The third-order valence-corrected chi connectivity index (χ3v) is 6.37. The zero-order valence-electron chi connectivity index (χ0n) is 24.0. The van der Waals surface area contributed by atoms with E-state index in [1.54, 1.807) is 26.2 Å². The third kappa shape index (κ3) is 8.03. The predicted octanol–water partition coefficient (Wildman–Crippen LogP) is 6.86. The molecule has 0 bridgehead atoms. The number of hydrogen-bond donors (Lipinski definition) is 1. The Bertz CT molecular complexity index is 1640. The fraction of sp³-hybridized carbons (Fsp3) is 0.219. The van der Waals surface area contributed by atoms with Crippen molar-refractivity contribution in [2.75, 3.05) is 26.1 Å². The van der Waals surface area contributed by atoms with Gasteiger partial charge in [0.15, 0.2) is 0 Å². The Balaban J connectivity index is 1.49. The van der Waals surface area contributed by atoms with Gasteiger partial charge in [-0.3, -0.25) is 4.79 Å². The lowest BCUT2D eigenvalue weighted by Gasteiger charge is -2.14. The van der Waals surface area contributed by atoms with Gasteiger partial charge in [0, 0.05) is 23.5 Å². The van der Waals surface area contributed by atoms with Crippen LogP contribution in [0.2, 0.25) is 0 Å². The fourth-order valence-electron chi connectivity index (χ4n) is 4.20. The molecule has 0 aliphatic carbocycles. The van der Waals surface area contributed by atoms with Crippen molar-refractivity contribution in [2.45, 2.75) is 26.1 Å². The van der Waals surface area contributed by atoms with Crippen molar-refractivity contribution < 1.29 is 46.1 Å². The summed E-state index contributed by atoms with van der Waals surface area (Å²) in [5.41, 5.74) is -0.0389. The second kappa shape index (κ2) is 13.9. The van der Waals surface area contributed by atoms with Crippen molar-refractivity contribution in [2.24, 2.45) is 0 Å². The van der Waals surface area contributed by atoms with E-state index in [0.717, 1.165) is 24.5 Å². The van der Waals surface area contributed by atoms with Crippen LogP contribution in [0.3, 0.4) is 0 Å². The minimum atomic E-state index is -4.78. The number of carbonyl (C=O) groups is 2. The summed E-state index contributed by atoms with van der Waals surface area (Å²) >= 11 is 0. The zero-order valence-corrected chi connectivity index (χ0v) is 24.0. The molecule has 0 aliphatic rings. The Morgan fingerprint density at radius 3 is 2.32 bits per heavy atom. The Hall–Kier alpha value is -5.13. The van der Waals surface area contributed by atoms with E-state index in [-0.39, 0.29) is 17.9 Å². The highest BCUT2D eigenvalue weighted by molar-refractivity contribution is 5.95. The number of hydrogen-bond acceptors (Lipinski definition) is 7. The first-order valence-electron chi connectivity index (χ1n) is 13.3. The van der Waals surface area contributed by atoms with Gasteiger partial charge in [-0.25, -0.2) is 14.2 Å². The number of nitrogens with zero attached hydrogens (tertiary/aromatic N) is 1. The summed E-state index contributed by atoms with van der Waals surface area (Å²) in [7, 11) is 2.60. The highest BCUT2D eigenvalue weighted by atomic mass is 19.4. The van der Waals surface area contributed by atoms with Crippen LogP contribution in [0.4, 0.5) is 23.2 Å². The van der Waals surface area contributed by atoms with Gasteiger partial charge in [0.25, 0.3) is 0 Å². The number of ether oxygens (including phenoxy) is 4. The van der Waals surface area contributed by atoms with E-state index in [9.17, 15) is 22.8 Å². The molecule has 0 aliphatic heterocycles. The van der Waals surface area contributed by atoms with E-state index in [2.05, 4.69) is 15.0 Å². The highest BCUT2D eigenvalue weighted by Crippen LogP contribution is 2.34. The van der Waals surface area contributed by atoms with Gasteiger partial charge >= 0.3 is 12.1 Å². The Morgan fingerprint density at radius 1 is 0.932 bits per heavy atom. The van der Waals surface area contributed by atoms with Gasteiger partial charge in [-0.1, -0.05) is 24.3 Å². The average molecular weight is 613 g/mol. The summed E-state index contributed by atoms with van der Waals surface area (Å²) < 4.78 is 76.3. The molecule has 12 heteroatoms. The molecular formula is C32H28F4N2O6. The molecule has 3 aromatic carbocycles. The number of alkyl halides is 3. The second-order valence-corrected chi connectivity index (χ2v) is 9.41. The SMILES string of the molecule is CCOc1cc(OCc2ccc(OC)cc2)ncc1-c1ccc(CC(=O)Nc2cc(C(=O)OC)cc(C(F)(F)F)c2)c(F)c1. The molecule has 0 fully saturated rings. The van der Waals surface area contributed by atoms with Crippen LogP contribution in [-0.2, 0) is 28.7 Å². The Morgan fingerprint density at radius 2 is 1.68 bits per heavy atom. The van der Waals surface area contributed by atoms with Crippen LogP contribution >= 0.6 is 0 Å². The molecule has 8 nitrogen and oxygen atoms in total. The molecule has 1 amide bonds. The first-order valence-corrected chi connectivity index (χ1v) is 13.3. The van der Waals surface area contributed by atoms with Crippen LogP contribution in [0, 0.1) is 5.82 Å². The summed E-state index contributed by atoms with van der Waals surface area (Å²) in [5, 5.41) is 2.29. The van der Waals surface area contributed by atoms with Gasteiger partial charge in [-0.05, 0) is 60.0 Å². The van der Waals surface area contributed by atoms with Crippen molar-refractivity contribution in [3.63, 3.8) is 0 Å². The lowest BCUT2D eigenvalue weighted by Crippen LogP contribution is -2.17. The molecule has 0 spiro atoms. The summed E-state index contributed by atoms with van der Waals surface area (Å²) in [5.74, 6) is -1.10. The van der Waals surface area contributed by atoms with E-state index in [4.69, 9.17) is 14.2 Å². The molecule has 44 heavy (non-hydrogen) atoms. The molecule has 4 rings (SSSR count). The number of amides is 1. The van der Waals surface area contributed by atoms with Crippen molar-refractivity contribution in [1.82, 2.24) is 4.98 Å². The summed E-state index contributed by atoms with van der Waals surface area (Å²) in [4.78, 5) is 28.8. The van der Waals surface area contributed by atoms with Crippen LogP contribution in [0.5, 0.6) is 17.4 Å². The standard InChI is InChI=1S/C32H28F4N2O6/c1-4-43-28-16-30(44-18-19-5-9-25(41-2)10-6-19)37-17-26(28)20-7-8-21(27(33)13-20)14-29(39)38-24-12-22(31(40)42-3)11-23(15-24)32(34,35)36/h5-13,15-17H,4,14,18H2,1-3H3,(H,38,39). The number of methoxy groups -OCH3 is 2. The number of pyridine rings is 1. The monoisotopic (exact) mass is 612 g/mol. The maximum Gasteiger partial charge on any atom is 0.416 e. The van der Waals surface area contributed by atoms with Crippen molar-refractivity contribution in [1.29, 1.82) is 0 Å². The molecule has 1 aromatic heterocycles. The quantitative estimate of drug-likeness (QED) is 0.146. The van der Waals surface area contributed by atoms with Gasteiger partial charge < -0.3 is 24.3 Å². The van der Waals surface area contributed by atoms with Crippen molar-refractivity contribution in [3.05, 3.63) is 101 Å². The minimum Gasteiger partial charge on any atom is -0.497 e. The van der Waals surface area contributed by atoms with Gasteiger partial charge in [-0.2, -0.15) is 13.2 Å². The Labute approximate surface area is 250 Å². The number of aromatic nitrogens is 1. The largest absolute Gasteiger partial charge is 0.497 e. The van der Waals surface area contributed by atoms with E-state index in [1.165, 1.54) is 18.3 Å². The molecule has 1 N–H and O–H groups in total. The molecule has 4 aromatic rings. The van der Waals surface area contributed by atoms with Crippen LogP contribution in [-0.4, -0.2) is 37.7 Å². The maximum absolute atomic E-state index is 15.1. The third-order valence-electron chi connectivity index (χ3n) is 6.37. The molecule has 230 valence electrons. The van der Waals surface area contributed by atoms with Crippen LogP contribution < -0.4 is 19.5 Å². The number of benzene rings is 3. The van der Waals surface area contributed by atoms with Crippen LogP contribution in [0.15, 0.2) is 72.9 Å². The van der Waals surface area contributed by atoms with E-state index in [0.29, 0.717) is 41.5 Å². The van der Waals surface area contributed by atoms with Gasteiger partial charge in [0.1, 0.15) is 23.9 Å². The van der Waals surface area contributed by atoms with E-state index < -0.39 is 41.4 Å². The Kier molecular flexibility index (Phi) is 10.0. The minimum absolute atomic E-state index is 0.00298. The number of carbonyl (C=O) groups excluding carboxylic acids is 2. The smallest absolute Gasteiger partial charge is 0.416 e. The molecule has 0 radical (unpaired) electrons. The number of rotatable bonds is 11. The van der Waals surface area contributed by atoms with Crippen LogP contribution in [0.1, 0.15) is 34.0 Å². The first-order chi connectivity index (χ1) is 21.0. The predicted molar refractivity (Wildman–Crippen MR) is 153 cm³/mol. The van der Waals surface area contributed by atoms with Gasteiger partial charge in [0.05, 0.1) is 38.4 Å². The topological polar surface area (TPSA) is 96.0 Å². The summed E-state index contributed by atoms with van der Waals surface area (Å²) in [6, 6.07) is 15.5. The molecule has 0 saturated heterocycles. The number of halogens is 4. The molecule has 1 heterocycles. The fourth-order valence-corrected chi connectivity index (χ4v) is 4.20. The highest BCUT2D eigenvalue weighted by Gasteiger charge is 2.32. The lowest BCUT2D eigenvalue weighted by molar-refractivity contribution is -0.137. The van der Waals surface area contributed by atoms with Crippen molar-refractivity contribution >= 4 is 17.6 Å². The van der Waals surface area contributed by atoms with Gasteiger partial charge in [0.2, 0.25) is 11.8 Å². The summed E-state index contributed by atoms with van der Waals surface area (Å²) in [6.45, 7) is 2.36. The number of nitrogens with one attached hydrogen (secondary N) is 1. The number of anilines is 1. The maximum atomic E-state index is 15.1. The number of esters is 1.